The molecular formula is C7H13N3O2S. The Morgan fingerprint density at radius 2 is 2.46 bits per heavy atom. The van der Waals surface area contributed by atoms with Gasteiger partial charge in [0.2, 0.25) is 0 Å². The van der Waals surface area contributed by atoms with E-state index in [1.165, 1.54) is 5.01 Å². The van der Waals surface area contributed by atoms with Crippen LogP contribution < -0.4 is 5.84 Å². The van der Waals surface area contributed by atoms with Gasteiger partial charge in [-0.1, -0.05) is 11.8 Å². The first-order chi connectivity index (χ1) is 6.07. The molecule has 0 aliphatic carbocycles. The Morgan fingerprint density at radius 1 is 1.85 bits per heavy atom. The maximum Gasteiger partial charge on any atom is 0.321 e. The molecule has 13 heavy (non-hydrogen) atoms. The first-order valence-electron chi connectivity index (χ1n) is 4.03. The number of rotatable bonds is 2. The highest BCUT2D eigenvalue weighted by molar-refractivity contribution is 8.15. The van der Waals surface area contributed by atoms with Crippen molar-refractivity contribution in [1.82, 2.24) is 5.01 Å². The number of esters is 1. The highest BCUT2D eigenvalue weighted by Crippen LogP contribution is 2.28. The molecule has 0 aromatic carbocycles. The van der Waals surface area contributed by atoms with Gasteiger partial charge in [-0.25, -0.2) is 5.84 Å². The van der Waals surface area contributed by atoms with Crippen molar-refractivity contribution in [3.63, 3.8) is 0 Å². The van der Waals surface area contributed by atoms with Crippen molar-refractivity contribution in [2.24, 2.45) is 5.84 Å². The van der Waals surface area contributed by atoms with E-state index in [0.29, 0.717) is 6.61 Å². The van der Waals surface area contributed by atoms with Crippen molar-refractivity contribution >= 4 is 22.9 Å². The van der Waals surface area contributed by atoms with E-state index in [1.807, 2.05) is 0 Å². The second-order valence-corrected chi connectivity index (χ2v) is 3.87. The normalized spacial score (nSPS) is 27.9. The number of hydrazine groups is 1. The predicted molar refractivity (Wildman–Crippen MR) is 51.2 cm³/mol. The summed E-state index contributed by atoms with van der Waals surface area (Å²) in [7, 11) is 0. The standard InChI is InChI=1S/C7H13N3O2S/c1-3-12-6(11)5-4(2)10(9)7(8)13-5/h4-5,8H,3,9H2,1-2H3/t4-,5+/m0/s1. The third-order valence-corrected chi connectivity index (χ3v) is 3.14. The van der Waals surface area contributed by atoms with E-state index >= 15 is 0 Å². The highest BCUT2D eigenvalue weighted by atomic mass is 32.2. The second-order valence-electron chi connectivity index (χ2n) is 2.74. The van der Waals surface area contributed by atoms with E-state index in [2.05, 4.69) is 0 Å². The molecular weight excluding hydrogens is 190 g/mol. The van der Waals surface area contributed by atoms with Gasteiger partial charge in [0.25, 0.3) is 0 Å². The number of ether oxygens (including phenoxy) is 1. The van der Waals surface area contributed by atoms with Crippen LogP contribution in [0.3, 0.4) is 0 Å². The van der Waals surface area contributed by atoms with E-state index in [-0.39, 0.29) is 22.4 Å². The number of nitrogens with one attached hydrogen (secondary N) is 1. The molecule has 1 rings (SSSR count). The number of carbonyl (C=O) groups is 1. The van der Waals surface area contributed by atoms with Crippen LogP contribution in [0.2, 0.25) is 0 Å². The Balaban J connectivity index is 2.62. The van der Waals surface area contributed by atoms with Gasteiger partial charge in [0, 0.05) is 0 Å². The molecule has 1 aliphatic rings. The fourth-order valence-electron chi connectivity index (χ4n) is 1.08. The summed E-state index contributed by atoms with van der Waals surface area (Å²) in [6, 6.07) is -0.170. The number of nitrogens with zero attached hydrogens (tertiary/aromatic N) is 1. The van der Waals surface area contributed by atoms with Crippen LogP contribution in [0.15, 0.2) is 0 Å². The van der Waals surface area contributed by atoms with E-state index in [4.69, 9.17) is 16.0 Å². The van der Waals surface area contributed by atoms with Crippen molar-refractivity contribution in [3.05, 3.63) is 0 Å². The fourth-order valence-corrected chi connectivity index (χ4v) is 2.10. The molecule has 0 radical (unpaired) electrons. The quantitative estimate of drug-likeness (QED) is 0.494. The molecule has 74 valence electrons. The van der Waals surface area contributed by atoms with Gasteiger partial charge < -0.3 is 4.74 Å². The van der Waals surface area contributed by atoms with Gasteiger partial charge in [-0.05, 0) is 13.8 Å². The molecule has 1 heterocycles. The minimum atomic E-state index is -0.363. The van der Waals surface area contributed by atoms with Gasteiger partial charge in [0.15, 0.2) is 5.17 Å². The Labute approximate surface area is 81.1 Å². The molecule has 6 heteroatoms. The van der Waals surface area contributed by atoms with Crippen LogP contribution in [0, 0.1) is 5.41 Å². The third-order valence-electron chi connectivity index (χ3n) is 1.87. The molecule has 1 aliphatic heterocycles. The Kier molecular flexibility index (Phi) is 3.16. The van der Waals surface area contributed by atoms with Gasteiger partial charge in [0.1, 0.15) is 5.25 Å². The van der Waals surface area contributed by atoms with Crippen molar-refractivity contribution in [1.29, 1.82) is 5.41 Å². The third kappa shape index (κ3) is 1.94. The van der Waals surface area contributed by atoms with Crippen LogP contribution in [0.1, 0.15) is 13.8 Å². The second kappa shape index (κ2) is 3.97. The summed E-state index contributed by atoms with van der Waals surface area (Å²) >= 11 is 1.14. The van der Waals surface area contributed by atoms with Crippen LogP contribution >= 0.6 is 11.8 Å². The van der Waals surface area contributed by atoms with E-state index in [9.17, 15) is 4.79 Å². The summed E-state index contributed by atoms with van der Waals surface area (Å²) < 4.78 is 4.85. The van der Waals surface area contributed by atoms with Crippen molar-refractivity contribution < 1.29 is 9.53 Å². The average molecular weight is 203 g/mol. The van der Waals surface area contributed by atoms with E-state index in [0.717, 1.165) is 11.8 Å². The first-order valence-corrected chi connectivity index (χ1v) is 4.91. The largest absolute Gasteiger partial charge is 0.465 e. The number of hydrogen-bond donors (Lipinski definition) is 2. The molecule has 0 spiro atoms. The lowest BCUT2D eigenvalue weighted by Gasteiger charge is -2.17. The van der Waals surface area contributed by atoms with Gasteiger partial charge in [-0.2, -0.15) is 0 Å². The van der Waals surface area contributed by atoms with Crippen LogP contribution in [0.25, 0.3) is 0 Å². The van der Waals surface area contributed by atoms with Crippen LogP contribution in [0.4, 0.5) is 0 Å². The summed E-state index contributed by atoms with van der Waals surface area (Å²) in [6.45, 7) is 3.92. The summed E-state index contributed by atoms with van der Waals surface area (Å²) in [5.74, 6) is 5.23. The summed E-state index contributed by atoms with van der Waals surface area (Å²) in [5.41, 5.74) is 0. The molecule has 1 fully saturated rings. The average Bonchev–Trinajstić information content (AvgIpc) is 2.33. The lowest BCUT2D eigenvalue weighted by Crippen LogP contribution is -2.42. The fraction of sp³-hybridized carbons (Fsp3) is 0.714. The molecule has 0 aromatic rings. The molecule has 1 saturated heterocycles. The van der Waals surface area contributed by atoms with Crippen LogP contribution in [0.5, 0.6) is 0 Å². The Bertz CT molecular complexity index is 234. The van der Waals surface area contributed by atoms with Gasteiger partial charge in [-0.3, -0.25) is 15.2 Å². The molecule has 0 unspecified atom stereocenters. The Hall–Kier alpha value is -0.750. The molecule has 3 N–H and O–H groups in total. The van der Waals surface area contributed by atoms with Gasteiger partial charge >= 0.3 is 5.97 Å². The molecule has 5 nitrogen and oxygen atoms in total. The van der Waals surface area contributed by atoms with E-state index < -0.39 is 0 Å². The smallest absolute Gasteiger partial charge is 0.321 e. The maximum atomic E-state index is 11.3. The lowest BCUT2D eigenvalue weighted by molar-refractivity contribution is -0.143. The van der Waals surface area contributed by atoms with E-state index in [1.54, 1.807) is 13.8 Å². The van der Waals surface area contributed by atoms with Gasteiger partial charge in [-0.15, -0.1) is 0 Å². The van der Waals surface area contributed by atoms with Crippen molar-refractivity contribution in [3.8, 4) is 0 Å². The number of hydrogen-bond acceptors (Lipinski definition) is 5. The zero-order chi connectivity index (χ0) is 10.0. The highest BCUT2D eigenvalue weighted by Gasteiger charge is 2.39. The Morgan fingerprint density at radius 3 is 2.85 bits per heavy atom. The lowest BCUT2D eigenvalue weighted by atomic mass is 10.2. The van der Waals surface area contributed by atoms with Gasteiger partial charge in [0.05, 0.1) is 12.6 Å². The topological polar surface area (TPSA) is 79.4 Å². The molecule has 0 amide bonds. The SMILES string of the molecule is CCOC(=O)[C@@H]1SC(=N)N(N)[C@H]1C. The summed E-state index contributed by atoms with van der Waals surface area (Å²) in [4.78, 5) is 11.3. The summed E-state index contributed by atoms with van der Waals surface area (Å²) in [6.07, 6.45) is 0. The zero-order valence-electron chi connectivity index (χ0n) is 7.61. The monoisotopic (exact) mass is 203 g/mol. The minimum Gasteiger partial charge on any atom is -0.465 e. The first kappa shape index (κ1) is 10.3. The zero-order valence-corrected chi connectivity index (χ0v) is 8.43. The van der Waals surface area contributed by atoms with Crippen molar-refractivity contribution in [2.45, 2.75) is 25.1 Å². The predicted octanol–water partition coefficient (Wildman–Crippen LogP) is 0.164. The minimum absolute atomic E-state index is 0.170. The van der Waals surface area contributed by atoms with Crippen LogP contribution in [-0.4, -0.2) is 34.0 Å². The summed E-state index contributed by atoms with van der Waals surface area (Å²) in [5, 5.41) is 8.53. The molecule has 0 aromatic heterocycles. The molecule has 0 bridgehead atoms. The molecule has 2 atom stereocenters. The molecule has 0 saturated carbocycles. The number of amidine groups is 1. The number of carbonyl (C=O) groups excluding carboxylic acids is 1. The number of nitrogens with two attached hydrogens (primary N) is 1. The van der Waals surface area contributed by atoms with Crippen LogP contribution in [-0.2, 0) is 9.53 Å². The van der Waals surface area contributed by atoms with Crippen molar-refractivity contribution in [2.75, 3.05) is 6.61 Å². The number of thioether (sulfide) groups is 1. The maximum absolute atomic E-state index is 11.3.